The van der Waals surface area contributed by atoms with Gasteiger partial charge in [-0.15, -0.1) is 0 Å². The van der Waals surface area contributed by atoms with Crippen molar-refractivity contribution >= 4 is 0 Å². The van der Waals surface area contributed by atoms with E-state index in [2.05, 4.69) is 25.7 Å². The van der Waals surface area contributed by atoms with Crippen LogP contribution in [0.3, 0.4) is 0 Å². The lowest BCUT2D eigenvalue weighted by molar-refractivity contribution is 0.0935. The first kappa shape index (κ1) is 13.2. The average molecular weight is 221 g/mol. The Bertz CT molecular complexity index is 286. The van der Waals surface area contributed by atoms with E-state index in [1.807, 2.05) is 30.3 Å². The van der Waals surface area contributed by atoms with Gasteiger partial charge in [-0.2, -0.15) is 0 Å². The molecule has 2 atom stereocenters. The van der Waals surface area contributed by atoms with Gasteiger partial charge in [0.25, 0.3) is 0 Å². The maximum Gasteiger partial charge on any atom is 0.0917 e. The molecule has 1 aromatic rings. The van der Waals surface area contributed by atoms with Crippen LogP contribution in [-0.4, -0.2) is 29.1 Å². The summed E-state index contributed by atoms with van der Waals surface area (Å²) in [7, 11) is 0. The molecular formula is C14H23NO. The molecule has 0 saturated heterocycles. The number of aliphatic hydroxyl groups is 1. The van der Waals surface area contributed by atoms with Crippen LogP contribution in [0.15, 0.2) is 30.3 Å². The lowest BCUT2D eigenvalue weighted by Crippen LogP contribution is -2.35. The van der Waals surface area contributed by atoms with Crippen molar-refractivity contribution in [3.8, 4) is 0 Å². The second-order valence-electron chi connectivity index (χ2n) is 4.27. The minimum atomic E-state index is -0.379. The third-order valence-electron chi connectivity index (χ3n) is 3.21. The molecule has 0 aliphatic heterocycles. The summed E-state index contributed by atoms with van der Waals surface area (Å²) >= 11 is 0. The Labute approximate surface area is 98.9 Å². The minimum Gasteiger partial charge on any atom is -0.387 e. The summed E-state index contributed by atoms with van der Waals surface area (Å²) in [6, 6.07) is 10.4. The number of rotatable bonds is 6. The van der Waals surface area contributed by atoms with Gasteiger partial charge in [0.2, 0.25) is 0 Å². The van der Waals surface area contributed by atoms with Crippen molar-refractivity contribution in [3.05, 3.63) is 35.9 Å². The molecule has 90 valence electrons. The monoisotopic (exact) mass is 221 g/mol. The van der Waals surface area contributed by atoms with Crippen LogP contribution in [0.2, 0.25) is 0 Å². The van der Waals surface area contributed by atoms with Crippen LogP contribution in [0.4, 0.5) is 0 Å². The second kappa shape index (κ2) is 6.66. The van der Waals surface area contributed by atoms with Crippen molar-refractivity contribution in [1.82, 2.24) is 4.90 Å². The molecule has 0 fully saturated rings. The highest BCUT2D eigenvalue weighted by atomic mass is 16.3. The van der Waals surface area contributed by atoms with E-state index in [1.165, 1.54) is 0 Å². The Hall–Kier alpha value is -0.860. The number of hydrogen-bond donors (Lipinski definition) is 1. The van der Waals surface area contributed by atoms with Crippen LogP contribution in [0.1, 0.15) is 38.9 Å². The molecule has 0 amide bonds. The van der Waals surface area contributed by atoms with Crippen LogP contribution in [0.25, 0.3) is 0 Å². The van der Waals surface area contributed by atoms with Gasteiger partial charge < -0.3 is 5.11 Å². The van der Waals surface area contributed by atoms with E-state index in [4.69, 9.17) is 0 Å². The number of benzene rings is 1. The standard InChI is InChI=1S/C14H23NO/c1-4-12(3)15(5-2)11-14(16)13-9-7-6-8-10-13/h6-10,12,14,16H,4-5,11H2,1-3H3. The maximum atomic E-state index is 10.1. The van der Waals surface area contributed by atoms with Crippen LogP contribution >= 0.6 is 0 Å². The van der Waals surface area contributed by atoms with Gasteiger partial charge in [0, 0.05) is 12.6 Å². The molecule has 16 heavy (non-hydrogen) atoms. The molecule has 1 rings (SSSR count). The van der Waals surface area contributed by atoms with Crippen molar-refractivity contribution in [2.45, 2.75) is 39.3 Å². The molecule has 1 aromatic carbocycles. The van der Waals surface area contributed by atoms with Crippen molar-refractivity contribution in [2.75, 3.05) is 13.1 Å². The topological polar surface area (TPSA) is 23.5 Å². The summed E-state index contributed by atoms with van der Waals surface area (Å²) in [6.45, 7) is 8.24. The van der Waals surface area contributed by atoms with Crippen molar-refractivity contribution < 1.29 is 5.11 Å². The summed E-state index contributed by atoms with van der Waals surface area (Å²) < 4.78 is 0. The first-order valence-corrected chi connectivity index (χ1v) is 6.16. The SMILES string of the molecule is CCC(C)N(CC)CC(O)c1ccccc1. The fraction of sp³-hybridized carbons (Fsp3) is 0.571. The van der Waals surface area contributed by atoms with Gasteiger partial charge in [0.15, 0.2) is 0 Å². The molecule has 0 radical (unpaired) electrons. The fourth-order valence-electron chi connectivity index (χ4n) is 1.88. The molecule has 0 saturated carbocycles. The van der Waals surface area contributed by atoms with E-state index >= 15 is 0 Å². The van der Waals surface area contributed by atoms with E-state index in [0.717, 1.165) is 25.1 Å². The van der Waals surface area contributed by atoms with Crippen molar-refractivity contribution in [2.24, 2.45) is 0 Å². The summed E-state index contributed by atoms with van der Waals surface area (Å²) in [5.41, 5.74) is 1.00. The smallest absolute Gasteiger partial charge is 0.0917 e. The predicted molar refractivity (Wildman–Crippen MR) is 68.4 cm³/mol. The number of hydrogen-bond acceptors (Lipinski definition) is 2. The van der Waals surface area contributed by atoms with E-state index < -0.39 is 0 Å². The van der Waals surface area contributed by atoms with Crippen LogP contribution in [-0.2, 0) is 0 Å². The zero-order chi connectivity index (χ0) is 12.0. The van der Waals surface area contributed by atoms with E-state index in [1.54, 1.807) is 0 Å². The van der Waals surface area contributed by atoms with Gasteiger partial charge in [-0.1, -0.05) is 44.2 Å². The number of nitrogens with zero attached hydrogens (tertiary/aromatic N) is 1. The summed E-state index contributed by atoms with van der Waals surface area (Å²) in [6.07, 6.45) is 0.741. The van der Waals surface area contributed by atoms with E-state index in [-0.39, 0.29) is 6.10 Å². The van der Waals surface area contributed by atoms with Crippen LogP contribution in [0, 0.1) is 0 Å². The summed E-state index contributed by atoms with van der Waals surface area (Å²) in [5, 5.41) is 10.1. The summed E-state index contributed by atoms with van der Waals surface area (Å²) in [4.78, 5) is 2.32. The first-order chi connectivity index (χ1) is 7.69. The molecule has 0 aliphatic rings. The van der Waals surface area contributed by atoms with E-state index in [0.29, 0.717) is 6.04 Å². The van der Waals surface area contributed by atoms with Crippen LogP contribution < -0.4 is 0 Å². The van der Waals surface area contributed by atoms with Gasteiger partial charge in [0.1, 0.15) is 0 Å². The first-order valence-electron chi connectivity index (χ1n) is 6.16. The molecule has 1 N–H and O–H groups in total. The molecule has 0 heterocycles. The van der Waals surface area contributed by atoms with Gasteiger partial charge in [-0.05, 0) is 25.5 Å². The lowest BCUT2D eigenvalue weighted by atomic mass is 10.1. The lowest BCUT2D eigenvalue weighted by Gasteiger charge is -2.29. The quantitative estimate of drug-likeness (QED) is 0.798. The fourth-order valence-corrected chi connectivity index (χ4v) is 1.88. The summed E-state index contributed by atoms with van der Waals surface area (Å²) in [5.74, 6) is 0. The average Bonchev–Trinajstić information content (AvgIpc) is 2.35. The molecule has 0 spiro atoms. The van der Waals surface area contributed by atoms with Gasteiger partial charge in [0.05, 0.1) is 6.10 Å². The molecule has 2 nitrogen and oxygen atoms in total. The zero-order valence-electron chi connectivity index (χ0n) is 10.6. The normalized spacial score (nSPS) is 15.1. The minimum absolute atomic E-state index is 0.379. The third kappa shape index (κ3) is 3.62. The highest BCUT2D eigenvalue weighted by molar-refractivity contribution is 5.17. The van der Waals surface area contributed by atoms with Crippen LogP contribution in [0.5, 0.6) is 0 Å². The molecule has 0 aromatic heterocycles. The van der Waals surface area contributed by atoms with E-state index in [9.17, 15) is 5.11 Å². The third-order valence-corrected chi connectivity index (χ3v) is 3.21. The Morgan fingerprint density at radius 3 is 2.31 bits per heavy atom. The highest BCUT2D eigenvalue weighted by Gasteiger charge is 2.15. The van der Waals surface area contributed by atoms with Crippen molar-refractivity contribution in [3.63, 3.8) is 0 Å². The van der Waals surface area contributed by atoms with Gasteiger partial charge in [-0.25, -0.2) is 0 Å². The molecule has 0 bridgehead atoms. The van der Waals surface area contributed by atoms with Gasteiger partial charge >= 0.3 is 0 Å². The molecular weight excluding hydrogens is 198 g/mol. The maximum absolute atomic E-state index is 10.1. The van der Waals surface area contributed by atoms with Crippen molar-refractivity contribution in [1.29, 1.82) is 0 Å². The Morgan fingerprint density at radius 2 is 1.81 bits per heavy atom. The Kier molecular flexibility index (Phi) is 5.50. The molecule has 2 heteroatoms. The highest BCUT2D eigenvalue weighted by Crippen LogP contribution is 2.15. The number of likely N-dealkylation sites (N-methyl/N-ethyl adjacent to an activating group) is 1. The molecule has 0 aliphatic carbocycles. The second-order valence-corrected chi connectivity index (χ2v) is 4.27. The largest absolute Gasteiger partial charge is 0.387 e. The molecule has 2 unspecified atom stereocenters. The predicted octanol–water partition coefficient (Wildman–Crippen LogP) is 2.84. The Balaban J connectivity index is 2.59. The number of aliphatic hydroxyl groups excluding tert-OH is 1. The zero-order valence-corrected chi connectivity index (χ0v) is 10.6. The Morgan fingerprint density at radius 1 is 1.19 bits per heavy atom. The van der Waals surface area contributed by atoms with Gasteiger partial charge in [-0.3, -0.25) is 4.90 Å².